The van der Waals surface area contributed by atoms with Crippen LogP contribution in [-0.2, 0) is 19.9 Å². The van der Waals surface area contributed by atoms with E-state index in [4.69, 9.17) is 9.47 Å². The molecule has 0 bridgehead atoms. The Kier molecular flexibility index (Phi) is 6.74. The first-order valence-electron chi connectivity index (χ1n) is 9.81. The fourth-order valence-corrected chi connectivity index (χ4v) is 6.99. The summed E-state index contributed by atoms with van der Waals surface area (Å²) in [5.41, 5.74) is 0.814. The molecular weight excluding hydrogens is 426 g/mol. The Hall–Kier alpha value is -2.10. The SMILES string of the molecule is CCOc1ccc(C)cc1S(=O)(=O)N1CCC(S(=O)(=O)c2ccc(OC)cc2)CC1. The van der Waals surface area contributed by atoms with Gasteiger partial charge in [0, 0.05) is 13.1 Å². The van der Waals surface area contributed by atoms with Gasteiger partial charge >= 0.3 is 0 Å². The molecule has 0 spiro atoms. The summed E-state index contributed by atoms with van der Waals surface area (Å²) in [6.07, 6.45) is 0.479. The molecular formula is C21H27NO6S2. The summed E-state index contributed by atoms with van der Waals surface area (Å²) in [6.45, 7) is 4.26. The van der Waals surface area contributed by atoms with E-state index in [1.165, 1.54) is 23.5 Å². The van der Waals surface area contributed by atoms with E-state index in [1.54, 1.807) is 37.3 Å². The molecule has 30 heavy (non-hydrogen) atoms. The molecule has 0 amide bonds. The van der Waals surface area contributed by atoms with Gasteiger partial charge in [-0.05, 0) is 68.7 Å². The first-order chi connectivity index (χ1) is 14.2. The zero-order chi connectivity index (χ0) is 21.9. The molecule has 0 aliphatic carbocycles. The van der Waals surface area contributed by atoms with E-state index < -0.39 is 25.1 Å². The second kappa shape index (κ2) is 8.95. The number of nitrogens with zero attached hydrogens (tertiary/aromatic N) is 1. The Labute approximate surface area is 178 Å². The Morgan fingerprint density at radius 3 is 2.20 bits per heavy atom. The molecule has 2 aromatic carbocycles. The Balaban J connectivity index is 1.78. The lowest BCUT2D eigenvalue weighted by Gasteiger charge is -2.31. The molecule has 1 heterocycles. The van der Waals surface area contributed by atoms with Crippen LogP contribution in [0.4, 0.5) is 0 Å². The van der Waals surface area contributed by atoms with Crippen molar-refractivity contribution < 1.29 is 26.3 Å². The third-order valence-electron chi connectivity index (χ3n) is 5.24. The van der Waals surface area contributed by atoms with Crippen LogP contribution in [0.15, 0.2) is 52.3 Å². The van der Waals surface area contributed by atoms with E-state index in [1.807, 2.05) is 6.92 Å². The molecule has 1 saturated heterocycles. The molecule has 9 heteroatoms. The van der Waals surface area contributed by atoms with Gasteiger partial charge in [0.05, 0.1) is 23.9 Å². The summed E-state index contributed by atoms with van der Waals surface area (Å²) in [6, 6.07) is 11.3. The van der Waals surface area contributed by atoms with Gasteiger partial charge in [-0.3, -0.25) is 0 Å². The smallest absolute Gasteiger partial charge is 0.246 e. The minimum Gasteiger partial charge on any atom is -0.497 e. The first-order valence-corrected chi connectivity index (χ1v) is 12.8. The van der Waals surface area contributed by atoms with Crippen molar-refractivity contribution in [3.8, 4) is 11.5 Å². The number of hydrogen-bond donors (Lipinski definition) is 0. The highest BCUT2D eigenvalue weighted by Gasteiger charge is 2.36. The van der Waals surface area contributed by atoms with Crippen LogP contribution in [0.3, 0.4) is 0 Å². The number of methoxy groups -OCH3 is 1. The van der Waals surface area contributed by atoms with Gasteiger partial charge in [0.1, 0.15) is 16.4 Å². The summed E-state index contributed by atoms with van der Waals surface area (Å²) in [5, 5.41) is -0.624. The number of benzene rings is 2. The topological polar surface area (TPSA) is 90.0 Å². The Morgan fingerprint density at radius 1 is 1.00 bits per heavy atom. The molecule has 0 saturated carbocycles. The van der Waals surface area contributed by atoms with Crippen molar-refractivity contribution in [1.29, 1.82) is 0 Å². The van der Waals surface area contributed by atoms with E-state index in [9.17, 15) is 16.8 Å². The Morgan fingerprint density at radius 2 is 1.63 bits per heavy atom. The number of ether oxygens (including phenoxy) is 2. The third kappa shape index (κ3) is 4.48. The molecule has 2 aromatic rings. The molecule has 7 nitrogen and oxygen atoms in total. The van der Waals surface area contributed by atoms with Crippen molar-refractivity contribution in [3.05, 3.63) is 48.0 Å². The second-order valence-electron chi connectivity index (χ2n) is 7.21. The number of hydrogen-bond acceptors (Lipinski definition) is 6. The van der Waals surface area contributed by atoms with Gasteiger partial charge in [-0.15, -0.1) is 0 Å². The fraction of sp³-hybridized carbons (Fsp3) is 0.429. The Bertz CT molecular complexity index is 1090. The minimum absolute atomic E-state index is 0.126. The van der Waals surface area contributed by atoms with E-state index >= 15 is 0 Å². The highest BCUT2D eigenvalue weighted by Crippen LogP contribution is 2.32. The lowest BCUT2D eigenvalue weighted by Crippen LogP contribution is -2.42. The van der Waals surface area contributed by atoms with Crippen molar-refractivity contribution in [1.82, 2.24) is 4.31 Å². The van der Waals surface area contributed by atoms with E-state index in [2.05, 4.69) is 0 Å². The molecule has 1 fully saturated rings. The van der Waals surface area contributed by atoms with Crippen LogP contribution in [0.2, 0.25) is 0 Å². The quantitative estimate of drug-likeness (QED) is 0.640. The summed E-state index contributed by atoms with van der Waals surface area (Å²) in [4.78, 5) is 0.350. The van der Waals surface area contributed by atoms with Crippen LogP contribution >= 0.6 is 0 Å². The van der Waals surface area contributed by atoms with Crippen LogP contribution in [0.5, 0.6) is 11.5 Å². The maximum Gasteiger partial charge on any atom is 0.246 e. The average Bonchev–Trinajstić information content (AvgIpc) is 2.75. The largest absolute Gasteiger partial charge is 0.497 e. The van der Waals surface area contributed by atoms with Gasteiger partial charge in [0.2, 0.25) is 10.0 Å². The number of piperidine rings is 1. The predicted molar refractivity (Wildman–Crippen MR) is 114 cm³/mol. The molecule has 164 valence electrons. The lowest BCUT2D eigenvalue weighted by molar-refractivity contribution is 0.322. The molecule has 0 unspecified atom stereocenters. The second-order valence-corrected chi connectivity index (χ2v) is 11.3. The van der Waals surface area contributed by atoms with Crippen LogP contribution < -0.4 is 9.47 Å². The van der Waals surface area contributed by atoms with Crippen LogP contribution in [0.25, 0.3) is 0 Å². The normalized spacial score (nSPS) is 16.4. The number of rotatable bonds is 7. The van der Waals surface area contributed by atoms with E-state index in [-0.39, 0.29) is 35.7 Å². The van der Waals surface area contributed by atoms with Gasteiger partial charge < -0.3 is 9.47 Å². The monoisotopic (exact) mass is 453 g/mol. The maximum absolute atomic E-state index is 13.2. The van der Waals surface area contributed by atoms with Crippen LogP contribution in [0.1, 0.15) is 25.3 Å². The first kappa shape index (κ1) is 22.6. The maximum atomic E-state index is 13.2. The minimum atomic E-state index is -3.78. The standard InChI is InChI=1S/C21H27NO6S2/c1-4-28-20-10-5-16(2)15-21(20)30(25,26)22-13-11-19(12-14-22)29(23,24)18-8-6-17(27-3)7-9-18/h5-10,15,19H,4,11-14H2,1-3H3. The van der Waals surface area contributed by atoms with Crippen molar-refractivity contribution in [2.45, 2.75) is 41.7 Å². The summed E-state index contributed by atoms with van der Waals surface area (Å²) < 4.78 is 64.3. The average molecular weight is 454 g/mol. The zero-order valence-corrected chi connectivity index (χ0v) is 19.0. The van der Waals surface area contributed by atoms with E-state index in [0.29, 0.717) is 18.1 Å². The molecule has 1 aliphatic rings. The van der Waals surface area contributed by atoms with Gasteiger partial charge in [-0.1, -0.05) is 6.07 Å². The summed E-state index contributed by atoms with van der Waals surface area (Å²) in [5.74, 6) is 0.897. The van der Waals surface area contributed by atoms with Gasteiger partial charge in [0.25, 0.3) is 0 Å². The molecule has 0 radical (unpaired) electrons. The van der Waals surface area contributed by atoms with Crippen molar-refractivity contribution in [2.24, 2.45) is 0 Å². The van der Waals surface area contributed by atoms with Crippen LogP contribution in [0, 0.1) is 6.92 Å². The molecule has 1 aliphatic heterocycles. The predicted octanol–water partition coefficient (Wildman–Crippen LogP) is 3.03. The number of aryl methyl sites for hydroxylation is 1. The van der Waals surface area contributed by atoms with Gasteiger partial charge in [0.15, 0.2) is 9.84 Å². The number of sulfone groups is 1. The molecule has 0 N–H and O–H groups in total. The van der Waals surface area contributed by atoms with Crippen molar-refractivity contribution >= 4 is 19.9 Å². The van der Waals surface area contributed by atoms with Crippen molar-refractivity contribution in [2.75, 3.05) is 26.8 Å². The van der Waals surface area contributed by atoms with Gasteiger partial charge in [-0.2, -0.15) is 4.31 Å². The zero-order valence-electron chi connectivity index (χ0n) is 17.4. The third-order valence-corrected chi connectivity index (χ3v) is 9.44. The van der Waals surface area contributed by atoms with Gasteiger partial charge in [-0.25, -0.2) is 16.8 Å². The molecule has 0 aromatic heterocycles. The van der Waals surface area contributed by atoms with Crippen molar-refractivity contribution in [3.63, 3.8) is 0 Å². The fourth-order valence-electron chi connectivity index (χ4n) is 3.57. The van der Waals surface area contributed by atoms with E-state index in [0.717, 1.165) is 5.56 Å². The molecule has 0 atom stereocenters. The highest BCUT2D eigenvalue weighted by atomic mass is 32.2. The molecule has 3 rings (SSSR count). The van der Waals surface area contributed by atoms with Crippen LogP contribution in [-0.4, -0.2) is 53.2 Å². The summed E-state index contributed by atoms with van der Waals surface area (Å²) in [7, 11) is -5.81. The number of sulfonamides is 1. The lowest BCUT2D eigenvalue weighted by atomic mass is 10.2. The highest BCUT2D eigenvalue weighted by molar-refractivity contribution is 7.92. The summed E-state index contributed by atoms with van der Waals surface area (Å²) >= 11 is 0.